The smallest absolute Gasteiger partial charge is 0.289 e. The summed E-state index contributed by atoms with van der Waals surface area (Å²) >= 11 is 0.377. The van der Waals surface area contributed by atoms with Gasteiger partial charge >= 0.3 is 0 Å². The number of ketones is 1. The zero-order valence-corrected chi connectivity index (χ0v) is 16.0. The van der Waals surface area contributed by atoms with E-state index in [2.05, 4.69) is 0 Å². The molecule has 0 aromatic heterocycles. The molecule has 0 spiro atoms. The normalized spacial score (nSPS) is 11.0. The minimum Gasteiger partial charge on any atom is -0.496 e. The number of carbonyl (C=O) groups excluding carboxylic acids is 1. The Morgan fingerprint density at radius 2 is 1.81 bits per heavy atom. The molecule has 0 unspecified atom stereocenters. The maximum atomic E-state index is 12.6. The Labute approximate surface area is 161 Å². The zero-order valence-electron chi connectivity index (χ0n) is 15.2. The molecule has 144 valence electrons. The zero-order chi connectivity index (χ0) is 19.8. The number of rotatable bonds is 9. The van der Waals surface area contributed by atoms with Crippen LogP contribution in [-0.2, 0) is 0 Å². The van der Waals surface area contributed by atoms with Crippen molar-refractivity contribution in [1.29, 1.82) is 0 Å². The summed E-state index contributed by atoms with van der Waals surface area (Å²) in [5.41, 5.74) is 1.12. The van der Waals surface area contributed by atoms with E-state index in [1.807, 2.05) is 6.92 Å². The number of carbonyl (C=O) groups is 1. The summed E-state index contributed by atoms with van der Waals surface area (Å²) in [5.74, 6) is -1.39. The summed E-state index contributed by atoms with van der Waals surface area (Å²) in [5, 5.41) is 0. The number of methoxy groups -OCH3 is 2. The molecule has 2 aromatic carbocycles. The van der Waals surface area contributed by atoms with Crippen molar-refractivity contribution in [2.24, 2.45) is 0 Å². The van der Waals surface area contributed by atoms with Crippen molar-refractivity contribution in [3.63, 3.8) is 0 Å². The Kier molecular flexibility index (Phi) is 7.67. The van der Waals surface area contributed by atoms with Crippen LogP contribution in [0.25, 0.3) is 6.08 Å². The molecule has 4 nitrogen and oxygen atoms in total. The molecule has 0 radical (unpaired) electrons. The molecule has 7 heteroatoms. The van der Waals surface area contributed by atoms with Crippen LogP contribution in [0.5, 0.6) is 17.2 Å². The summed E-state index contributed by atoms with van der Waals surface area (Å²) in [4.78, 5) is 12.7. The van der Waals surface area contributed by atoms with Crippen molar-refractivity contribution in [1.82, 2.24) is 0 Å². The first-order chi connectivity index (χ1) is 13.0. The Hall–Kier alpha value is -2.54. The molecule has 0 atom stereocenters. The van der Waals surface area contributed by atoms with Crippen molar-refractivity contribution in [3.05, 3.63) is 53.6 Å². The molecule has 0 aliphatic heterocycles. The molecule has 0 fully saturated rings. The van der Waals surface area contributed by atoms with E-state index in [1.54, 1.807) is 31.4 Å². The fourth-order valence-corrected chi connectivity index (χ4v) is 2.94. The van der Waals surface area contributed by atoms with Gasteiger partial charge in [0.2, 0.25) is 0 Å². The minimum absolute atomic E-state index is 0.239. The van der Waals surface area contributed by atoms with Gasteiger partial charge in [0.1, 0.15) is 5.75 Å². The standard InChI is InChI=1S/C20H20F2O4S/c1-4-26-17-11-13(6-9-16(17)24-2)5-8-15(23)14-7-10-19(27-20(21)22)18(12-14)25-3/h5-12,20H,4H2,1-3H3/b8-5+. The van der Waals surface area contributed by atoms with Crippen LogP contribution >= 0.6 is 11.8 Å². The molecule has 2 rings (SSSR count). The van der Waals surface area contributed by atoms with Gasteiger partial charge in [-0.1, -0.05) is 23.9 Å². The lowest BCUT2D eigenvalue weighted by Crippen LogP contribution is -1.97. The Bertz CT molecular complexity index is 822. The highest BCUT2D eigenvalue weighted by Gasteiger charge is 2.13. The molecular weight excluding hydrogens is 374 g/mol. The molecule has 0 heterocycles. The van der Waals surface area contributed by atoms with E-state index < -0.39 is 5.76 Å². The van der Waals surface area contributed by atoms with Crippen LogP contribution in [0, 0.1) is 0 Å². The summed E-state index contributed by atoms with van der Waals surface area (Å²) in [6, 6.07) is 9.74. The lowest BCUT2D eigenvalue weighted by atomic mass is 10.1. The third kappa shape index (κ3) is 5.72. The number of benzene rings is 2. The largest absolute Gasteiger partial charge is 0.496 e. The van der Waals surface area contributed by atoms with E-state index in [0.29, 0.717) is 35.4 Å². The van der Waals surface area contributed by atoms with Gasteiger partial charge in [-0.3, -0.25) is 4.79 Å². The number of hydrogen-bond donors (Lipinski definition) is 0. The summed E-state index contributed by atoms with van der Waals surface area (Å²) in [6.07, 6.45) is 3.06. The van der Waals surface area contributed by atoms with E-state index in [9.17, 15) is 13.6 Å². The highest BCUT2D eigenvalue weighted by molar-refractivity contribution is 7.99. The van der Waals surface area contributed by atoms with Crippen LogP contribution in [0.15, 0.2) is 47.4 Å². The fourth-order valence-electron chi connectivity index (χ4n) is 2.35. The van der Waals surface area contributed by atoms with Gasteiger partial charge in [0.25, 0.3) is 5.76 Å². The average Bonchev–Trinajstić information content (AvgIpc) is 2.66. The molecule has 2 aromatic rings. The van der Waals surface area contributed by atoms with E-state index in [1.165, 1.54) is 31.4 Å². The third-order valence-corrected chi connectivity index (χ3v) is 4.35. The van der Waals surface area contributed by atoms with Crippen LogP contribution < -0.4 is 14.2 Å². The third-order valence-electron chi connectivity index (χ3n) is 3.58. The van der Waals surface area contributed by atoms with E-state index in [0.717, 1.165) is 5.56 Å². The number of halogens is 2. The maximum absolute atomic E-state index is 12.6. The first kappa shape index (κ1) is 20.8. The van der Waals surface area contributed by atoms with Crippen LogP contribution in [0.2, 0.25) is 0 Å². The van der Waals surface area contributed by atoms with Crippen molar-refractivity contribution >= 4 is 23.6 Å². The van der Waals surface area contributed by atoms with Crippen molar-refractivity contribution in [2.45, 2.75) is 17.6 Å². The highest BCUT2D eigenvalue weighted by atomic mass is 32.2. The van der Waals surface area contributed by atoms with Crippen molar-refractivity contribution in [2.75, 3.05) is 20.8 Å². The van der Waals surface area contributed by atoms with Gasteiger partial charge in [-0.05, 0) is 48.9 Å². The molecule has 0 bridgehead atoms. The van der Waals surface area contributed by atoms with Gasteiger partial charge in [0, 0.05) is 5.56 Å². The summed E-state index contributed by atoms with van der Waals surface area (Å²) in [7, 11) is 2.93. The first-order valence-corrected chi connectivity index (χ1v) is 9.02. The molecular formula is C20H20F2O4S. The Morgan fingerprint density at radius 1 is 1.07 bits per heavy atom. The SMILES string of the molecule is CCOc1cc(/C=C/C(=O)c2ccc(SC(F)F)c(OC)c2)ccc1OC. The number of allylic oxidation sites excluding steroid dienone is 1. The lowest BCUT2D eigenvalue weighted by Gasteiger charge is -2.10. The van der Waals surface area contributed by atoms with Crippen molar-refractivity contribution < 1.29 is 27.8 Å². The fraction of sp³-hybridized carbons (Fsp3) is 0.250. The van der Waals surface area contributed by atoms with E-state index >= 15 is 0 Å². The first-order valence-electron chi connectivity index (χ1n) is 8.14. The van der Waals surface area contributed by atoms with E-state index in [-0.39, 0.29) is 16.4 Å². The van der Waals surface area contributed by atoms with Crippen LogP contribution in [0.3, 0.4) is 0 Å². The second kappa shape index (κ2) is 9.97. The molecule has 0 amide bonds. The maximum Gasteiger partial charge on any atom is 0.289 e. The number of hydrogen-bond acceptors (Lipinski definition) is 5. The van der Waals surface area contributed by atoms with Gasteiger partial charge in [-0.15, -0.1) is 0 Å². The molecule has 0 saturated heterocycles. The lowest BCUT2D eigenvalue weighted by molar-refractivity contribution is 0.104. The Balaban J connectivity index is 2.20. The number of thioether (sulfide) groups is 1. The highest BCUT2D eigenvalue weighted by Crippen LogP contribution is 2.34. The van der Waals surface area contributed by atoms with E-state index in [4.69, 9.17) is 14.2 Å². The van der Waals surface area contributed by atoms with Gasteiger partial charge in [0.15, 0.2) is 17.3 Å². The van der Waals surface area contributed by atoms with Gasteiger partial charge in [-0.2, -0.15) is 8.78 Å². The monoisotopic (exact) mass is 394 g/mol. The predicted molar refractivity (Wildman–Crippen MR) is 102 cm³/mol. The van der Waals surface area contributed by atoms with Gasteiger partial charge in [-0.25, -0.2) is 0 Å². The van der Waals surface area contributed by atoms with Gasteiger partial charge < -0.3 is 14.2 Å². The molecule has 27 heavy (non-hydrogen) atoms. The minimum atomic E-state index is -2.56. The molecule has 0 aliphatic rings. The van der Waals surface area contributed by atoms with Crippen LogP contribution in [0.4, 0.5) is 8.78 Å². The average molecular weight is 394 g/mol. The topological polar surface area (TPSA) is 44.8 Å². The van der Waals surface area contributed by atoms with Crippen LogP contribution in [-0.4, -0.2) is 32.4 Å². The second-order valence-corrected chi connectivity index (χ2v) is 6.32. The quantitative estimate of drug-likeness (QED) is 0.327. The second-order valence-electron chi connectivity index (χ2n) is 5.29. The van der Waals surface area contributed by atoms with Crippen LogP contribution in [0.1, 0.15) is 22.8 Å². The van der Waals surface area contributed by atoms with Crippen molar-refractivity contribution in [3.8, 4) is 17.2 Å². The summed E-state index contributed by atoms with van der Waals surface area (Å²) in [6.45, 7) is 2.36. The number of alkyl halides is 2. The molecule has 0 saturated carbocycles. The predicted octanol–water partition coefficient (Wildman–Crippen LogP) is 5.31. The number of ether oxygens (including phenoxy) is 3. The van der Waals surface area contributed by atoms with Gasteiger partial charge in [0.05, 0.1) is 25.7 Å². The molecule has 0 N–H and O–H groups in total. The Morgan fingerprint density at radius 3 is 2.44 bits per heavy atom. The summed E-state index contributed by atoms with van der Waals surface area (Å²) < 4.78 is 41.0. The molecule has 0 aliphatic carbocycles.